The summed E-state index contributed by atoms with van der Waals surface area (Å²) >= 11 is 0. The van der Waals surface area contributed by atoms with Gasteiger partial charge in [0.15, 0.2) is 0 Å². The molecule has 0 saturated heterocycles. The lowest BCUT2D eigenvalue weighted by Gasteiger charge is -2.16. The first-order valence-corrected chi connectivity index (χ1v) is 4.91. The second kappa shape index (κ2) is 3.12. The number of fused-ring (bicyclic) bond motifs is 1. The molecule has 0 aromatic carbocycles. The van der Waals surface area contributed by atoms with Crippen molar-refractivity contribution in [2.24, 2.45) is 5.92 Å². The smallest absolute Gasteiger partial charge is 0.230 e. The lowest BCUT2D eigenvalue weighted by molar-refractivity contribution is -0.121. The number of carbonyl (C=O) groups is 1. The Morgan fingerprint density at radius 1 is 1.57 bits per heavy atom. The van der Waals surface area contributed by atoms with Gasteiger partial charge in [-0.25, -0.2) is 4.68 Å². The Hall–Kier alpha value is -1.32. The SMILES string of the molecule is Cc1cc2n(n1)CC[C@@H](C)C(=O)N2C. The van der Waals surface area contributed by atoms with Gasteiger partial charge in [0.25, 0.3) is 0 Å². The molecule has 0 saturated carbocycles. The van der Waals surface area contributed by atoms with Crippen molar-refractivity contribution in [2.75, 3.05) is 11.9 Å². The van der Waals surface area contributed by atoms with Gasteiger partial charge in [0.1, 0.15) is 5.82 Å². The Labute approximate surface area is 83.5 Å². The van der Waals surface area contributed by atoms with E-state index in [-0.39, 0.29) is 11.8 Å². The van der Waals surface area contributed by atoms with Gasteiger partial charge in [0, 0.05) is 25.6 Å². The first-order chi connectivity index (χ1) is 6.59. The zero-order chi connectivity index (χ0) is 10.3. The largest absolute Gasteiger partial charge is 0.300 e. The monoisotopic (exact) mass is 193 g/mol. The highest BCUT2D eigenvalue weighted by Crippen LogP contribution is 2.22. The lowest BCUT2D eigenvalue weighted by Crippen LogP contribution is -2.30. The topological polar surface area (TPSA) is 38.1 Å². The van der Waals surface area contributed by atoms with Crippen molar-refractivity contribution in [1.29, 1.82) is 0 Å². The maximum absolute atomic E-state index is 11.8. The average Bonchev–Trinajstić information content (AvgIpc) is 2.49. The Morgan fingerprint density at radius 3 is 3.00 bits per heavy atom. The molecular formula is C10H15N3O. The number of aromatic nitrogens is 2. The molecule has 2 heterocycles. The predicted octanol–water partition coefficient (Wildman–Crippen LogP) is 1.19. The van der Waals surface area contributed by atoms with Gasteiger partial charge in [-0.1, -0.05) is 6.92 Å². The molecule has 0 spiro atoms. The molecule has 0 fully saturated rings. The third kappa shape index (κ3) is 1.31. The van der Waals surface area contributed by atoms with Crippen molar-refractivity contribution >= 4 is 11.7 Å². The fourth-order valence-electron chi connectivity index (χ4n) is 1.85. The van der Waals surface area contributed by atoms with Gasteiger partial charge in [-0.3, -0.25) is 9.69 Å². The third-order valence-electron chi connectivity index (χ3n) is 2.75. The maximum Gasteiger partial charge on any atom is 0.230 e. The summed E-state index contributed by atoms with van der Waals surface area (Å²) in [5.41, 5.74) is 0.967. The number of nitrogens with zero attached hydrogens (tertiary/aromatic N) is 3. The van der Waals surface area contributed by atoms with Crippen LogP contribution in [0.3, 0.4) is 0 Å². The van der Waals surface area contributed by atoms with Crippen molar-refractivity contribution in [3.05, 3.63) is 11.8 Å². The van der Waals surface area contributed by atoms with Crippen molar-refractivity contribution < 1.29 is 4.79 Å². The maximum atomic E-state index is 11.8. The van der Waals surface area contributed by atoms with Gasteiger partial charge in [-0.05, 0) is 13.3 Å². The third-order valence-corrected chi connectivity index (χ3v) is 2.75. The number of amides is 1. The molecule has 0 unspecified atom stereocenters. The molecule has 1 aromatic rings. The number of hydrogen-bond donors (Lipinski definition) is 0. The molecule has 4 heteroatoms. The van der Waals surface area contributed by atoms with Crippen molar-refractivity contribution in [2.45, 2.75) is 26.8 Å². The lowest BCUT2D eigenvalue weighted by atomic mass is 10.1. The van der Waals surface area contributed by atoms with Crippen LogP contribution < -0.4 is 4.90 Å². The standard InChI is InChI=1S/C10H15N3O/c1-7-4-5-13-9(6-8(2)11-13)12(3)10(7)14/h6-7H,4-5H2,1-3H3/t7-/m1/s1. The van der Waals surface area contributed by atoms with E-state index in [2.05, 4.69) is 5.10 Å². The zero-order valence-electron chi connectivity index (χ0n) is 8.82. The molecule has 4 nitrogen and oxygen atoms in total. The van der Waals surface area contributed by atoms with Crippen LogP contribution in [0.4, 0.5) is 5.82 Å². The molecule has 2 rings (SSSR count). The highest BCUT2D eigenvalue weighted by atomic mass is 16.2. The van der Waals surface area contributed by atoms with Crippen LogP contribution in [0.25, 0.3) is 0 Å². The molecule has 0 N–H and O–H groups in total. The normalized spacial score (nSPS) is 22.1. The summed E-state index contributed by atoms with van der Waals surface area (Å²) in [4.78, 5) is 13.5. The Morgan fingerprint density at radius 2 is 2.29 bits per heavy atom. The van der Waals surface area contributed by atoms with E-state index >= 15 is 0 Å². The van der Waals surface area contributed by atoms with Gasteiger partial charge < -0.3 is 0 Å². The second-order valence-electron chi connectivity index (χ2n) is 3.95. The van der Waals surface area contributed by atoms with E-state index in [9.17, 15) is 4.79 Å². The van der Waals surface area contributed by atoms with E-state index in [0.717, 1.165) is 24.5 Å². The summed E-state index contributed by atoms with van der Waals surface area (Å²) in [6.45, 7) is 4.75. The van der Waals surface area contributed by atoms with Crippen LogP contribution in [0.15, 0.2) is 6.07 Å². The number of rotatable bonds is 0. The zero-order valence-corrected chi connectivity index (χ0v) is 8.82. The van der Waals surface area contributed by atoms with Crippen LogP contribution in [0.2, 0.25) is 0 Å². The first-order valence-electron chi connectivity index (χ1n) is 4.91. The van der Waals surface area contributed by atoms with Gasteiger partial charge in [-0.2, -0.15) is 5.10 Å². The van der Waals surface area contributed by atoms with Crippen LogP contribution in [-0.2, 0) is 11.3 Å². The van der Waals surface area contributed by atoms with Crippen molar-refractivity contribution in [3.8, 4) is 0 Å². The number of carbonyl (C=O) groups excluding carboxylic acids is 1. The van der Waals surface area contributed by atoms with Crippen LogP contribution in [-0.4, -0.2) is 22.7 Å². The number of aryl methyl sites for hydroxylation is 2. The van der Waals surface area contributed by atoms with Crippen LogP contribution in [0.5, 0.6) is 0 Å². The summed E-state index contributed by atoms with van der Waals surface area (Å²) in [7, 11) is 1.82. The fourth-order valence-corrected chi connectivity index (χ4v) is 1.85. The molecule has 1 aliphatic heterocycles. The quantitative estimate of drug-likeness (QED) is 0.621. The molecule has 1 aliphatic rings. The van der Waals surface area contributed by atoms with Gasteiger partial charge >= 0.3 is 0 Å². The highest BCUT2D eigenvalue weighted by Gasteiger charge is 2.25. The highest BCUT2D eigenvalue weighted by molar-refractivity contribution is 5.93. The van der Waals surface area contributed by atoms with Crippen molar-refractivity contribution in [1.82, 2.24) is 9.78 Å². The van der Waals surface area contributed by atoms with Gasteiger partial charge in [0.05, 0.1) is 5.69 Å². The Balaban J connectivity index is 2.43. The summed E-state index contributed by atoms with van der Waals surface area (Å²) in [6, 6.07) is 1.95. The van der Waals surface area contributed by atoms with E-state index < -0.39 is 0 Å². The average molecular weight is 193 g/mol. The van der Waals surface area contributed by atoms with E-state index in [1.165, 1.54) is 0 Å². The fraction of sp³-hybridized carbons (Fsp3) is 0.600. The van der Waals surface area contributed by atoms with E-state index in [4.69, 9.17) is 0 Å². The van der Waals surface area contributed by atoms with Crippen molar-refractivity contribution in [3.63, 3.8) is 0 Å². The molecule has 0 bridgehead atoms. The number of anilines is 1. The summed E-state index contributed by atoms with van der Waals surface area (Å²) in [5.74, 6) is 1.20. The first kappa shape index (κ1) is 9.24. The Bertz CT molecular complexity index is 369. The van der Waals surface area contributed by atoms with E-state index in [1.54, 1.807) is 4.90 Å². The van der Waals surface area contributed by atoms with E-state index in [0.29, 0.717) is 0 Å². The minimum atomic E-state index is 0.0991. The van der Waals surface area contributed by atoms with Gasteiger partial charge in [-0.15, -0.1) is 0 Å². The molecule has 0 aliphatic carbocycles. The molecule has 14 heavy (non-hydrogen) atoms. The van der Waals surface area contributed by atoms with Crippen LogP contribution in [0.1, 0.15) is 19.0 Å². The second-order valence-corrected chi connectivity index (χ2v) is 3.95. The summed E-state index contributed by atoms with van der Waals surface area (Å²) in [5, 5.41) is 4.35. The minimum Gasteiger partial charge on any atom is -0.300 e. The molecular weight excluding hydrogens is 178 g/mol. The Kier molecular flexibility index (Phi) is 2.06. The molecule has 1 aromatic heterocycles. The molecule has 0 radical (unpaired) electrons. The summed E-state index contributed by atoms with van der Waals surface area (Å²) < 4.78 is 1.91. The molecule has 1 amide bonds. The van der Waals surface area contributed by atoms with Crippen LogP contribution in [0, 0.1) is 12.8 Å². The predicted molar refractivity (Wildman–Crippen MR) is 54.2 cm³/mol. The molecule has 76 valence electrons. The number of hydrogen-bond acceptors (Lipinski definition) is 2. The molecule has 1 atom stereocenters. The van der Waals surface area contributed by atoms with E-state index in [1.807, 2.05) is 31.6 Å². The minimum absolute atomic E-state index is 0.0991. The van der Waals surface area contributed by atoms with Gasteiger partial charge in [0.2, 0.25) is 5.91 Å². The summed E-state index contributed by atoms with van der Waals surface area (Å²) in [6.07, 6.45) is 0.872. The van der Waals surface area contributed by atoms with Crippen LogP contribution >= 0.6 is 0 Å².